The van der Waals surface area contributed by atoms with E-state index in [0.29, 0.717) is 18.1 Å². The van der Waals surface area contributed by atoms with Crippen LogP contribution in [0.4, 0.5) is 0 Å². The molecule has 2 rings (SSSR count). The van der Waals surface area contributed by atoms with Crippen molar-refractivity contribution in [3.05, 3.63) is 53.6 Å². The largest absolute Gasteiger partial charge is 0.497 e. The van der Waals surface area contributed by atoms with Crippen LogP contribution in [0, 0.1) is 0 Å². The van der Waals surface area contributed by atoms with E-state index in [4.69, 9.17) is 19.3 Å². The average molecular weight is 274 g/mol. The van der Waals surface area contributed by atoms with E-state index in [-0.39, 0.29) is 6.61 Å². The third-order valence-electron chi connectivity index (χ3n) is 2.96. The number of benzene rings is 2. The van der Waals surface area contributed by atoms with Crippen LogP contribution in [0.5, 0.6) is 17.2 Å². The number of hydrogen-bond acceptors (Lipinski definition) is 4. The van der Waals surface area contributed by atoms with E-state index in [1.807, 2.05) is 24.3 Å². The molecule has 1 N–H and O–H groups in total. The predicted octanol–water partition coefficient (Wildman–Crippen LogP) is 2.78. The van der Waals surface area contributed by atoms with Gasteiger partial charge >= 0.3 is 0 Å². The van der Waals surface area contributed by atoms with Crippen LogP contribution in [0.25, 0.3) is 0 Å². The molecule has 0 aliphatic rings. The molecule has 0 unspecified atom stereocenters. The molecule has 0 spiro atoms. The van der Waals surface area contributed by atoms with Gasteiger partial charge in [0.05, 0.1) is 20.8 Å². The molecule has 2 aromatic carbocycles. The highest BCUT2D eigenvalue weighted by Gasteiger charge is 2.06. The van der Waals surface area contributed by atoms with Crippen LogP contribution in [0.2, 0.25) is 0 Å². The summed E-state index contributed by atoms with van der Waals surface area (Å²) in [5, 5.41) is 9.16. The summed E-state index contributed by atoms with van der Waals surface area (Å²) >= 11 is 0. The lowest BCUT2D eigenvalue weighted by Gasteiger charge is -2.12. The Morgan fingerprint density at radius 3 is 2.15 bits per heavy atom. The molecule has 0 radical (unpaired) electrons. The molecule has 2 aromatic rings. The number of hydrogen-bond donors (Lipinski definition) is 1. The summed E-state index contributed by atoms with van der Waals surface area (Å²) in [4.78, 5) is 0. The summed E-state index contributed by atoms with van der Waals surface area (Å²) in [5.74, 6) is 2.08. The highest BCUT2D eigenvalue weighted by Crippen LogP contribution is 2.29. The number of aliphatic hydroxyl groups excluding tert-OH is 1. The topological polar surface area (TPSA) is 47.9 Å². The third-order valence-corrected chi connectivity index (χ3v) is 2.96. The van der Waals surface area contributed by atoms with Crippen molar-refractivity contribution in [2.75, 3.05) is 14.2 Å². The summed E-state index contributed by atoms with van der Waals surface area (Å²) in [7, 11) is 3.23. The van der Waals surface area contributed by atoms with Crippen molar-refractivity contribution in [3.8, 4) is 17.2 Å². The molecule has 0 saturated carbocycles. The van der Waals surface area contributed by atoms with Crippen molar-refractivity contribution >= 4 is 0 Å². The Labute approximate surface area is 118 Å². The van der Waals surface area contributed by atoms with E-state index in [1.54, 1.807) is 32.4 Å². The lowest BCUT2D eigenvalue weighted by molar-refractivity contribution is 0.271. The van der Waals surface area contributed by atoms with Crippen molar-refractivity contribution in [1.82, 2.24) is 0 Å². The minimum absolute atomic E-state index is 0.0249. The molecule has 0 aliphatic heterocycles. The zero-order valence-corrected chi connectivity index (χ0v) is 11.6. The molecule has 0 aromatic heterocycles. The SMILES string of the molecule is COc1ccc(COc2cc(CO)ccc2OC)cc1. The number of methoxy groups -OCH3 is 2. The number of rotatable bonds is 6. The van der Waals surface area contributed by atoms with Crippen molar-refractivity contribution in [1.29, 1.82) is 0 Å². The molecule has 0 aliphatic carbocycles. The fourth-order valence-corrected chi connectivity index (χ4v) is 1.82. The van der Waals surface area contributed by atoms with Crippen LogP contribution in [0.15, 0.2) is 42.5 Å². The Hall–Kier alpha value is -2.20. The molecule has 0 bridgehead atoms. The molecule has 4 heteroatoms. The monoisotopic (exact) mass is 274 g/mol. The second-order valence-corrected chi connectivity index (χ2v) is 4.28. The van der Waals surface area contributed by atoms with Crippen LogP contribution in [-0.2, 0) is 13.2 Å². The van der Waals surface area contributed by atoms with Crippen molar-refractivity contribution in [3.63, 3.8) is 0 Å². The molecule has 20 heavy (non-hydrogen) atoms. The van der Waals surface area contributed by atoms with Gasteiger partial charge in [-0.05, 0) is 35.4 Å². The van der Waals surface area contributed by atoms with E-state index in [9.17, 15) is 0 Å². The first-order chi connectivity index (χ1) is 9.76. The smallest absolute Gasteiger partial charge is 0.162 e. The number of ether oxygens (including phenoxy) is 3. The van der Waals surface area contributed by atoms with Crippen LogP contribution < -0.4 is 14.2 Å². The quantitative estimate of drug-likeness (QED) is 0.880. The van der Waals surface area contributed by atoms with Gasteiger partial charge in [0.25, 0.3) is 0 Å². The van der Waals surface area contributed by atoms with Gasteiger partial charge < -0.3 is 19.3 Å². The average Bonchev–Trinajstić information content (AvgIpc) is 2.53. The molecular weight excluding hydrogens is 256 g/mol. The Bertz CT molecular complexity index is 549. The lowest BCUT2D eigenvalue weighted by atomic mass is 10.2. The van der Waals surface area contributed by atoms with E-state index in [2.05, 4.69) is 0 Å². The second kappa shape index (κ2) is 6.82. The summed E-state index contributed by atoms with van der Waals surface area (Å²) in [6, 6.07) is 13.0. The van der Waals surface area contributed by atoms with Crippen LogP contribution in [0.1, 0.15) is 11.1 Å². The summed E-state index contributed by atoms with van der Waals surface area (Å²) in [5.41, 5.74) is 1.82. The van der Waals surface area contributed by atoms with Crippen LogP contribution in [-0.4, -0.2) is 19.3 Å². The maximum absolute atomic E-state index is 9.16. The Morgan fingerprint density at radius 2 is 1.55 bits per heavy atom. The highest BCUT2D eigenvalue weighted by atomic mass is 16.5. The fourth-order valence-electron chi connectivity index (χ4n) is 1.82. The van der Waals surface area contributed by atoms with Gasteiger partial charge in [0, 0.05) is 0 Å². The first-order valence-electron chi connectivity index (χ1n) is 6.30. The van der Waals surface area contributed by atoms with E-state index < -0.39 is 0 Å². The molecule has 106 valence electrons. The lowest BCUT2D eigenvalue weighted by Crippen LogP contribution is -1.99. The van der Waals surface area contributed by atoms with Gasteiger partial charge in [0.2, 0.25) is 0 Å². The van der Waals surface area contributed by atoms with Crippen molar-refractivity contribution in [2.24, 2.45) is 0 Å². The van der Waals surface area contributed by atoms with Gasteiger partial charge in [-0.2, -0.15) is 0 Å². The van der Waals surface area contributed by atoms with Gasteiger partial charge in [-0.25, -0.2) is 0 Å². The van der Waals surface area contributed by atoms with E-state index >= 15 is 0 Å². The third kappa shape index (κ3) is 3.42. The highest BCUT2D eigenvalue weighted by molar-refractivity contribution is 5.43. The summed E-state index contributed by atoms with van der Waals surface area (Å²) in [6.45, 7) is 0.401. The van der Waals surface area contributed by atoms with Crippen LogP contribution >= 0.6 is 0 Å². The van der Waals surface area contributed by atoms with Gasteiger partial charge in [-0.15, -0.1) is 0 Å². The molecule has 0 heterocycles. The zero-order chi connectivity index (χ0) is 14.4. The molecule has 0 fully saturated rings. The molecular formula is C16H18O4. The molecule has 0 saturated heterocycles. The molecule has 0 atom stereocenters. The van der Waals surface area contributed by atoms with Gasteiger partial charge in [-0.3, -0.25) is 0 Å². The van der Waals surface area contributed by atoms with Crippen molar-refractivity contribution < 1.29 is 19.3 Å². The van der Waals surface area contributed by atoms with Crippen molar-refractivity contribution in [2.45, 2.75) is 13.2 Å². The molecule has 4 nitrogen and oxygen atoms in total. The fraction of sp³-hybridized carbons (Fsp3) is 0.250. The van der Waals surface area contributed by atoms with Gasteiger partial charge in [0.15, 0.2) is 11.5 Å². The standard InChI is InChI=1S/C16H18O4/c1-18-14-6-3-12(4-7-14)11-20-16-9-13(10-17)5-8-15(16)19-2/h3-9,17H,10-11H2,1-2H3. The zero-order valence-electron chi connectivity index (χ0n) is 11.6. The Morgan fingerprint density at radius 1 is 0.850 bits per heavy atom. The maximum atomic E-state index is 9.16. The molecule has 0 amide bonds. The second-order valence-electron chi connectivity index (χ2n) is 4.28. The maximum Gasteiger partial charge on any atom is 0.162 e. The minimum atomic E-state index is -0.0249. The Balaban J connectivity index is 2.08. The van der Waals surface area contributed by atoms with E-state index in [1.165, 1.54) is 0 Å². The normalized spacial score (nSPS) is 10.2. The summed E-state index contributed by atoms with van der Waals surface area (Å²) < 4.78 is 16.1. The van der Waals surface area contributed by atoms with Gasteiger partial charge in [-0.1, -0.05) is 18.2 Å². The minimum Gasteiger partial charge on any atom is -0.497 e. The van der Waals surface area contributed by atoms with E-state index in [0.717, 1.165) is 16.9 Å². The first kappa shape index (κ1) is 14.2. The van der Waals surface area contributed by atoms with Crippen LogP contribution in [0.3, 0.4) is 0 Å². The number of aliphatic hydroxyl groups is 1. The predicted molar refractivity (Wildman–Crippen MR) is 76.2 cm³/mol. The summed E-state index contributed by atoms with van der Waals surface area (Å²) in [6.07, 6.45) is 0. The Kier molecular flexibility index (Phi) is 4.85. The van der Waals surface area contributed by atoms with Gasteiger partial charge in [0.1, 0.15) is 12.4 Å². The first-order valence-corrected chi connectivity index (χ1v) is 6.30.